The Balaban J connectivity index is 1.32. The number of aryl methyl sites for hydroxylation is 1. The Hall–Kier alpha value is -5.07. The fraction of sp³-hybridized carbons (Fsp3) is 0.540. The van der Waals surface area contributed by atoms with Crippen LogP contribution in [0.5, 0.6) is 0 Å². The van der Waals surface area contributed by atoms with Crippen molar-refractivity contribution in [1.29, 1.82) is 0 Å². The Labute approximate surface area is 367 Å². The molecule has 3 amide bonds. The number of pyridine rings is 1. The number of benzene rings is 2. The van der Waals surface area contributed by atoms with E-state index in [2.05, 4.69) is 72.0 Å². The number of esters is 1. The highest BCUT2D eigenvalue weighted by molar-refractivity contribution is 5.96. The number of hydrogen-bond acceptors (Lipinski definition) is 8. The highest BCUT2D eigenvalue weighted by Gasteiger charge is 2.39. The van der Waals surface area contributed by atoms with Gasteiger partial charge in [-0.3, -0.25) is 24.2 Å². The number of cyclic esters (lactones) is 1. The van der Waals surface area contributed by atoms with E-state index in [9.17, 15) is 19.2 Å². The summed E-state index contributed by atoms with van der Waals surface area (Å²) in [6, 6.07) is 17.2. The lowest BCUT2D eigenvalue weighted by molar-refractivity contribution is -0.155. The second-order valence-corrected chi connectivity index (χ2v) is 19.0. The van der Waals surface area contributed by atoms with Gasteiger partial charge < -0.3 is 34.1 Å². The largest absolute Gasteiger partial charge is 0.465 e. The molecule has 3 aliphatic heterocycles. The number of carbonyl (C=O) groups is 4. The van der Waals surface area contributed by atoms with E-state index in [0.29, 0.717) is 32.4 Å². The highest BCUT2D eigenvalue weighted by Crippen LogP contribution is 2.42. The summed E-state index contributed by atoms with van der Waals surface area (Å²) in [4.78, 5) is 67.1. The zero-order chi connectivity index (χ0) is 44.5. The Morgan fingerprint density at radius 1 is 1.02 bits per heavy atom. The summed E-state index contributed by atoms with van der Waals surface area (Å²) >= 11 is 0. The van der Waals surface area contributed by atoms with Gasteiger partial charge in [-0.1, -0.05) is 58.0 Å². The normalized spacial score (nSPS) is 22.0. The van der Waals surface area contributed by atoms with Crippen molar-refractivity contribution in [1.82, 2.24) is 29.6 Å². The zero-order valence-electron chi connectivity index (χ0n) is 38.2. The fourth-order valence-corrected chi connectivity index (χ4v) is 10.0. The maximum absolute atomic E-state index is 14.7. The molecule has 2 saturated heterocycles. The molecule has 5 unspecified atom stereocenters. The van der Waals surface area contributed by atoms with Gasteiger partial charge in [-0.15, -0.1) is 0 Å². The molecule has 12 heteroatoms. The van der Waals surface area contributed by atoms with Gasteiger partial charge in [0.05, 0.1) is 35.9 Å². The lowest BCUT2D eigenvalue weighted by atomic mass is 9.84. The van der Waals surface area contributed by atoms with Crippen LogP contribution in [0.4, 0.5) is 0 Å². The molecule has 2 aromatic heterocycles. The minimum absolute atomic E-state index is 0.0561. The van der Waals surface area contributed by atoms with Crippen molar-refractivity contribution in [2.24, 2.45) is 23.2 Å². The van der Waals surface area contributed by atoms with Gasteiger partial charge in [0.15, 0.2) is 0 Å². The predicted octanol–water partition coefficient (Wildman–Crippen LogP) is 6.92. The number of rotatable bonds is 9. The lowest BCUT2D eigenvalue weighted by Crippen LogP contribution is -2.58. The number of methoxy groups -OCH3 is 1. The molecule has 2 aromatic carbocycles. The minimum Gasteiger partial charge on any atom is -0.465 e. The van der Waals surface area contributed by atoms with E-state index in [1.165, 1.54) is 0 Å². The van der Waals surface area contributed by atoms with Crippen molar-refractivity contribution in [3.63, 3.8) is 0 Å². The molecule has 0 aliphatic carbocycles. The Kier molecular flexibility index (Phi) is 13.6. The van der Waals surface area contributed by atoms with Crippen LogP contribution >= 0.6 is 0 Å². The number of nitrogens with one attached hydrogen (secondary N) is 1. The number of fused-ring (bicyclic) bond motifs is 6. The first-order valence-corrected chi connectivity index (χ1v) is 22.5. The smallest absolute Gasteiger partial charge is 0.310 e. The summed E-state index contributed by atoms with van der Waals surface area (Å²) in [6.07, 6.45) is 4.44. The number of likely N-dealkylation sites (N-methyl/N-ethyl adjacent to an activating group) is 1. The molecule has 332 valence electrons. The third-order valence-corrected chi connectivity index (χ3v) is 13.4. The Morgan fingerprint density at radius 2 is 1.79 bits per heavy atom. The topological polar surface area (TPSA) is 126 Å². The van der Waals surface area contributed by atoms with Crippen LogP contribution in [0.3, 0.4) is 0 Å². The third-order valence-electron chi connectivity index (χ3n) is 13.4. The summed E-state index contributed by atoms with van der Waals surface area (Å²) in [5, 5.41) is 4.25. The van der Waals surface area contributed by atoms with E-state index >= 15 is 0 Å². The maximum atomic E-state index is 14.7. The van der Waals surface area contributed by atoms with Crippen LogP contribution in [0, 0.1) is 23.2 Å². The molecule has 5 heterocycles. The molecule has 6 bridgehead atoms. The average molecular weight is 847 g/mol. The zero-order valence-corrected chi connectivity index (χ0v) is 38.2. The second kappa shape index (κ2) is 18.7. The van der Waals surface area contributed by atoms with Crippen LogP contribution in [0.1, 0.15) is 83.7 Å². The second-order valence-electron chi connectivity index (χ2n) is 19.0. The Morgan fingerprint density at radius 3 is 2.50 bits per heavy atom. The number of carbonyl (C=O) groups excluding carboxylic acids is 4. The number of aromatic nitrogens is 2. The van der Waals surface area contributed by atoms with Crippen LogP contribution in [0.15, 0.2) is 60.8 Å². The van der Waals surface area contributed by atoms with Crippen molar-refractivity contribution in [3.05, 3.63) is 77.6 Å². The van der Waals surface area contributed by atoms with E-state index in [0.717, 1.165) is 69.6 Å². The van der Waals surface area contributed by atoms with Gasteiger partial charge >= 0.3 is 5.97 Å². The number of ether oxygens (including phenoxy) is 2. The first-order valence-electron chi connectivity index (χ1n) is 22.5. The predicted molar refractivity (Wildman–Crippen MR) is 242 cm³/mol. The summed E-state index contributed by atoms with van der Waals surface area (Å²) < 4.78 is 14.4. The molecule has 7 rings (SSSR count). The number of nitrogens with zero attached hydrogens (tertiary/aromatic N) is 5. The van der Waals surface area contributed by atoms with E-state index in [1.807, 2.05) is 52.2 Å². The van der Waals surface area contributed by atoms with Crippen molar-refractivity contribution in [2.75, 3.05) is 54.0 Å². The van der Waals surface area contributed by atoms with Crippen molar-refractivity contribution in [3.8, 4) is 22.4 Å². The van der Waals surface area contributed by atoms with Crippen molar-refractivity contribution >= 4 is 34.6 Å². The molecule has 62 heavy (non-hydrogen) atoms. The van der Waals surface area contributed by atoms with Gasteiger partial charge in [0, 0.05) is 74.8 Å². The highest BCUT2D eigenvalue weighted by atomic mass is 16.5. The molecular weight excluding hydrogens is 781 g/mol. The van der Waals surface area contributed by atoms with E-state index in [4.69, 9.17) is 14.5 Å². The summed E-state index contributed by atoms with van der Waals surface area (Å²) in [7, 11) is 5.41. The van der Waals surface area contributed by atoms with E-state index in [1.54, 1.807) is 24.0 Å². The van der Waals surface area contributed by atoms with Crippen LogP contribution in [-0.2, 0) is 48.0 Å². The van der Waals surface area contributed by atoms with Crippen LogP contribution < -0.4 is 5.32 Å². The molecular formula is C50H66N6O6. The van der Waals surface area contributed by atoms with E-state index in [-0.39, 0.29) is 61.2 Å². The Bertz CT molecular complexity index is 2300. The van der Waals surface area contributed by atoms with Gasteiger partial charge in [0.25, 0.3) is 0 Å². The van der Waals surface area contributed by atoms with Gasteiger partial charge in [-0.25, -0.2) is 0 Å². The first kappa shape index (κ1) is 45.0. The van der Waals surface area contributed by atoms with Crippen LogP contribution in [0.2, 0.25) is 0 Å². The molecule has 0 spiro atoms. The number of likely N-dealkylation sites (tertiary alicyclic amines) is 1. The summed E-state index contributed by atoms with van der Waals surface area (Å²) in [5.74, 6) is -1.84. The summed E-state index contributed by atoms with van der Waals surface area (Å²) in [5.41, 5.74) is 7.64. The molecule has 12 nitrogen and oxygen atoms in total. The fourth-order valence-electron chi connectivity index (χ4n) is 10.0. The van der Waals surface area contributed by atoms with Crippen molar-refractivity contribution in [2.45, 2.75) is 98.4 Å². The average Bonchev–Trinajstić information content (AvgIpc) is 3.83. The van der Waals surface area contributed by atoms with Gasteiger partial charge in [0.1, 0.15) is 12.1 Å². The van der Waals surface area contributed by atoms with Gasteiger partial charge in [-0.05, 0) is 106 Å². The first-order chi connectivity index (χ1) is 29.6. The van der Waals surface area contributed by atoms with Gasteiger partial charge in [0.2, 0.25) is 17.7 Å². The van der Waals surface area contributed by atoms with Crippen LogP contribution in [-0.4, -0.2) is 114 Å². The van der Waals surface area contributed by atoms with E-state index < -0.39 is 23.4 Å². The third kappa shape index (κ3) is 9.32. The lowest BCUT2D eigenvalue weighted by Gasteiger charge is -2.36. The molecule has 1 N–H and O–H groups in total. The summed E-state index contributed by atoms with van der Waals surface area (Å²) in [6.45, 7) is 15.4. The SMILES string of the molecule is CCn1c(-c2cccnc2C(C)OC)c2c3cc(ccc31)-c1cccc(c1)CC(NC(=O)C(C(C)C)N(C)C(=O)C1CCN(C)C1)C(=O)N1CCCC(C1)C(=O)OCC(C)(C)C2. The van der Waals surface area contributed by atoms with Crippen LogP contribution in [0.25, 0.3) is 33.3 Å². The molecule has 0 radical (unpaired) electrons. The molecule has 2 fully saturated rings. The maximum Gasteiger partial charge on any atom is 0.310 e. The molecule has 3 aliphatic rings. The quantitative estimate of drug-likeness (QED) is 0.180. The molecule has 0 saturated carbocycles. The number of piperidine rings is 1. The van der Waals surface area contributed by atoms with Gasteiger partial charge in [-0.2, -0.15) is 0 Å². The number of amides is 3. The molecule has 4 aromatic rings. The minimum atomic E-state index is -0.925. The van der Waals surface area contributed by atoms with Crippen molar-refractivity contribution < 1.29 is 28.7 Å². The standard InChI is InChI=1S/C50H66N6O6/c1-10-56-42-19-18-35-26-39(42)40(45(56)38-17-12-21-51-43(38)32(4)61-9)27-50(5,6)30-62-49(60)37-16-13-22-55(29-37)48(59)41(25-33-14-11-15-34(35)24-33)52-46(57)44(31(2)3)54(8)47(58)36-20-23-53(7)28-36/h11-12,14-15,17-19,21,24,26,31-32,36-37,41,44H,10,13,16,20,22-23,25,27-30H2,1-9H3,(H,52,57). The number of hydrogen-bond donors (Lipinski definition) is 1. The molecule has 5 atom stereocenters. The monoisotopic (exact) mass is 847 g/mol.